The lowest BCUT2D eigenvalue weighted by Gasteiger charge is -2.16. The zero-order valence-corrected chi connectivity index (χ0v) is 13.0. The minimum Gasteiger partial charge on any atom is -0.493 e. The monoisotopic (exact) mass is 286 g/mol. The summed E-state index contributed by atoms with van der Waals surface area (Å²) in [5.74, 6) is 7.99. The van der Waals surface area contributed by atoms with Gasteiger partial charge in [-0.1, -0.05) is 26.0 Å². The van der Waals surface area contributed by atoms with Crippen LogP contribution in [0.25, 0.3) is 11.4 Å². The fourth-order valence-electron chi connectivity index (χ4n) is 2.44. The van der Waals surface area contributed by atoms with Crippen LogP contribution in [-0.4, -0.2) is 16.6 Å². The van der Waals surface area contributed by atoms with Crippen LogP contribution in [0.3, 0.4) is 0 Å². The molecule has 0 aliphatic rings. The zero-order valence-electron chi connectivity index (χ0n) is 13.0. The summed E-state index contributed by atoms with van der Waals surface area (Å²) >= 11 is 0. The van der Waals surface area contributed by atoms with Crippen molar-refractivity contribution in [2.45, 2.75) is 33.6 Å². The van der Waals surface area contributed by atoms with Crippen molar-refractivity contribution in [1.29, 1.82) is 0 Å². The highest BCUT2D eigenvalue weighted by atomic mass is 16.5. The molecule has 1 aromatic heterocycles. The number of nitrogens with one attached hydrogen (secondary N) is 1. The molecule has 0 fully saturated rings. The van der Waals surface area contributed by atoms with Crippen molar-refractivity contribution in [3.05, 3.63) is 35.5 Å². The summed E-state index contributed by atoms with van der Waals surface area (Å²) in [6, 6.07) is 7.76. The maximum Gasteiger partial charge on any atom is 0.165 e. The average Bonchev–Trinajstić information content (AvgIpc) is 2.46. The van der Waals surface area contributed by atoms with Gasteiger partial charge in [0.05, 0.1) is 12.2 Å². The number of rotatable bonds is 5. The standard InChI is InChI=1S/C16H22N4O/c1-5-21-13-9-7-6-8-12(13)15-18-11(4)14(10(2)3)16(19-15)20-17/h6-10H,5,17H2,1-4H3,(H,18,19,20). The maximum atomic E-state index is 5.65. The molecule has 1 aromatic carbocycles. The van der Waals surface area contributed by atoms with Crippen LogP contribution >= 0.6 is 0 Å². The van der Waals surface area contributed by atoms with Gasteiger partial charge in [-0.05, 0) is 31.9 Å². The lowest BCUT2D eigenvalue weighted by molar-refractivity contribution is 0.341. The van der Waals surface area contributed by atoms with Gasteiger partial charge < -0.3 is 10.2 Å². The van der Waals surface area contributed by atoms with Crippen LogP contribution in [0.5, 0.6) is 5.75 Å². The number of hydrogen-bond acceptors (Lipinski definition) is 5. The molecule has 3 N–H and O–H groups in total. The highest BCUT2D eigenvalue weighted by Gasteiger charge is 2.16. The van der Waals surface area contributed by atoms with Crippen molar-refractivity contribution in [3.8, 4) is 17.1 Å². The molecule has 0 spiro atoms. The lowest BCUT2D eigenvalue weighted by atomic mass is 10.0. The Morgan fingerprint density at radius 2 is 1.95 bits per heavy atom. The summed E-state index contributed by atoms with van der Waals surface area (Å²) < 4.78 is 5.65. The molecule has 112 valence electrons. The smallest absolute Gasteiger partial charge is 0.165 e. The van der Waals surface area contributed by atoms with E-state index in [1.807, 2.05) is 38.1 Å². The molecule has 21 heavy (non-hydrogen) atoms. The van der Waals surface area contributed by atoms with Crippen molar-refractivity contribution in [2.75, 3.05) is 12.0 Å². The lowest BCUT2D eigenvalue weighted by Crippen LogP contribution is -2.14. The van der Waals surface area contributed by atoms with Crippen LogP contribution in [0.4, 0.5) is 5.82 Å². The zero-order chi connectivity index (χ0) is 15.4. The van der Waals surface area contributed by atoms with Gasteiger partial charge in [-0.15, -0.1) is 0 Å². The Morgan fingerprint density at radius 3 is 2.57 bits per heavy atom. The number of nitrogen functional groups attached to an aromatic ring is 1. The second-order valence-corrected chi connectivity index (χ2v) is 5.12. The van der Waals surface area contributed by atoms with E-state index >= 15 is 0 Å². The second-order valence-electron chi connectivity index (χ2n) is 5.12. The maximum absolute atomic E-state index is 5.65. The molecule has 0 amide bonds. The minimum absolute atomic E-state index is 0.298. The molecule has 2 rings (SSSR count). The topological polar surface area (TPSA) is 73.1 Å². The number of aromatic nitrogens is 2. The Balaban J connectivity index is 2.58. The number of hydrazine groups is 1. The number of benzene rings is 1. The SMILES string of the molecule is CCOc1ccccc1-c1nc(C)c(C(C)C)c(NN)n1. The van der Waals surface area contributed by atoms with Gasteiger partial charge >= 0.3 is 0 Å². The van der Waals surface area contributed by atoms with E-state index in [4.69, 9.17) is 10.6 Å². The fraction of sp³-hybridized carbons (Fsp3) is 0.375. The highest BCUT2D eigenvalue weighted by molar-refractivity contribution is 5.66. The molecule has 0 aliphatic heterocycles. The predicted octanol–water partition coefficient (Wildman–Crippen LogP) is 3.26. The van der Waals surface area contributed by atoms with Crippen LogP contribution < -0.4 is 16.0 Å². The van der Waals surface area contributed by atoms with Gasteiger partial charge in [0.1, 0.15) is 11.6 Å². The summed E-state index contributed by atoms with van der Waals surface area (Å²) in [7, 11) is 0. The number of para-hydroxylation sites is 1. The molecule has 0 bridgehead atoms. The molecule has 0 atom stereocenters. The molecule has 0 saturated carbocycles. The first-order valence-electron chi connectivity index (χ1n) is 7.15. The van der Waals surface area contributed by atoms with Gasteiger partial charge in [-0.2, -0.15) is 0 Å². The van der Waals surface area contributed by atoms with Crippen molar-refractivity contribution in [1.82, 2.24) is 9.97 Å². The molecular weight excluding hydrogens is 264 g/mol. The molecule has 2 aromatic rings. The van der Waals surface area contributed by atoms with Gasteiger partial charge in [0.2, 0.25) is 0 Å². The first kappa shape index (κ1) is 15.3. The van der Waals surface area contributed by atoms with Crippen LogP contribution in [0.1, 0.15) is 37.9 Å². The minimum atomic E-state index is 0.298. The molecule has 1 heterocycles. The van der Waals surface area contributed by atoms with E-state index in [1.54, 1.807) is 0 Å². The summed E-state index contributed by atoms with van der Waals surface area (Å²) in [6.07, 6.45) is 0. The van der Waals surface area contributed by atoms with Crippen molar-refractivity contribution in [3.63, 3.8) is 0 Å². The molecule has 5 heteroatoms. The number of nitrogens with zero attached hydrogens (tertiary/aromatic N) is 2. The second kappa shape index (κ2) is 6.54. The Hall–Kier alpha value is -2.14. The summed E-state index contributed by atoms with van der Waals surface area (Å²) in [4.78, 5) is 9.19. The number of ether oxygens (including phenoxy) is 1. The third-order valence-corrected chi connectivity index (χ3v) is 3.28. The average molecular weight is 286 g/mol. The number of anilines is 1. The summed E-state index contributed by atoms with van der Waals surface area (Å²) in [5, 5.41) is 0. The van der Waals surface area contributed by atoms with Gasteiger partial charge in [0.15, 0.2) is 5.82 Å². The van der Waals surface area contributed by atoms with Crippen LogP contribution in [-0.2, 0) is 0 Å². The van der Waals surface area contributed by atoms with Crippen molar-refractivity contribution < 1.29 is 4.74 Å². The van der Waals surface area contributed by atoms with E-state index in [0.29, 0.717) is 24.2 Å². The van der Waals surface area contributed by atoms with E-state index < -0.39 is 0 Å². The molecule has 0 saturated heterocycles. The molecule has 5 nitrogen and oxygen atoms in total. The van der Waals surface area contributed by atoms with Gasteiger partial charge in [-0.25, -0.2) is 15.8 Å². The van der Waals surface area contributed by atoms with E-state index in [-0.39, 0.29) is 0 Å². The van der Waals surface area contributed by atoms with Crippen LogP contribution in [0, 0.1) is 6.92 Å². The van der Waals surface area contributed by atoms with E-state index in [2.05, 4.69) is 29.2 Å². The Bertz CT molecular complexity index is 626. The predicted molar refractivity (Wildman–Crippen MR) is 85.3 cm³/mol. The van der Waals surface area contributed by atoms with Gasteiger partial charge in [0.25, 0.3) is 0 Å². The molecule has 0 aliphatic carbocycles. The first-order valence-corrected chi connectivity index (χ1v) is 7.15. The Labute approximate surface area is 125 Å². The molecule has 0 radical (unpaired) electrons. The van der Waals surface area contributed by atoms with Crippen molar-refractivity contribution >= 4 is 5.82 Å². The quantitative estimate of drug-likeness (QED) is 0.652. The summed E-state index contributed by atoms with van der Waals surface area (Å²) in [5.41, 5.74) is 5.52. The number of hydrogen-bond donors (Lipinski definition) is 2. The van der Waals surface area contributed by atoms with Crippen molar-refractivity contribution in [2.24, 2.45) is 5.84 Å². The third kappa shape index (κ3) is 3.13. The largest absolute Gasteiger partial charge is 0.493 e. The number of nitrogens with two attached hydrogens (primary N) is 1. The summed E-state index contributed by atoms with van der Waals surface area (Å²) in [6.45, 7) is 8.73. The molecular formula is C16H22N4O. The van der Waals surface area contributed by atoms with Gasteiger partial charge in [-0.3, -0.25) is 0 Å². The van der Waals surface area contributed by atoms with Gasteiger partial charge in [0, 0.05) is 11.3 Å². The van der Waals surface area contributed by atoms with Crippen LogP contribution in [0.15, 0.2) is 24.3 Å². The normalized spacial score (nSPS) is 10.8. The third-order valence-electron chi connectivity index (χ3n) is 3.28. The first-order chi connectivity index (χ1) is 10.1. The highest BCUT2D eigenvalue weighted by Crippen LogP contribution is 2.31. The Morgan fingerprint density at radius 1 is 1.24 bits per heavy atom. The van der Waals surface area contributed by atoms with Crippen LogP contribution in [0.2, 0.25) is 0 Å². The molecule has 0 unspecified atom stereocenters. The van der Waals surface area contributed by atoms with E-state index in [9.17, 15) is 0 Å². The Kier molecular flexibility index (Phi) is 4.75. The number of aryl methyl sites for hydroxylation is 1. The fourth-order valence-corrected chi connectivity index (χ4v) is 2.44. The van der Waals surface area contributed by atoms with E-state index in [1.165, 1.54) is 0 Å². The van der Waals surface area contributed by atoms with E-state index in [0.717, 1.165) is 22.6 Å².